The zero-order valence-electron chi connectivity index (χ0n) is 12.7. The van der Waals surface area contributed by atoms with E-state index in [1.807, 2.05) is 30.3 Å². The van der Waals surface area contributed by atoms with Crippen LogP contribution in [0.25, 0.3) is 11.8 Å². The first-order chi connectivity index (χ1) is 11.1. The molecule has 0 N–H and O–H groups in total. The second-order valence-electron chi connectivity index (χ2n) is 5.02. The molecule has 0 saturated heterocycles. The maximum atomic E-state index is 13.1. The van der Waals surface area contributed by atoms with E-state index in [9.17, 15) is 8.96 Å². The predicted octanol–water partition coefficient (Wildman–Crippen LogP) is 4.84. The summed E-state index contributed by atoms with van der Waals surface area (Å²) in [6.07, 6.45) is 1.83. The summed E-state index contributed by atoms with van der Waals surface area (Å²) in [4.78, 5) is 0. The molecule has 1 atom stereocenters. The molecule has 1 aliphatic rings. The molecule has 3 rings (SSSR count). The van der Waals surface area contributed by atoms with Crippen molar-refractivity contribution < 1.29 is 22.7 Å². The molecular weight excluding hydrogens is 318 g/mol. The van der Waals surface area contributed by atoms with Crippen LogP contribution in [0.2, 0.25) is 0 Å². The van der Waals surface area contributed by atoms with Crippen molar-refractivity contribution in [3.63, 3.8) is 0 Å². The molecule has 0 fully saturated rings. The lowest BCUT2D eigenvalue weighted by atomic mass is 10.0. The molecule has 0 radical (unpaired) electrons. The normalized spacial score (nSPS) is 17.2. The van der Waals surface area contributed by atoms with Crippen molar-refractivity contribution >= 4 is 19.4 Å². The van der Waals surface area contributed by atoms with Crippen LogP contribution in [-0.2, 0) is 18.3 Å². The third kappa shape index (κ3) is 2.95. The monoisotopic (exact) mass is 334 g/mol. The van der Waals surface area contributed by atoms with Crippen molar-refractivity contribution in [3.05, 3.63) is 71.0 Å². The van der Waals surface area contributed by atoms with E-state index in [4.69, 9.17) is 13.8 Å². The Hall–Kier alpha value is -1.94. The Labute approximate surface area is 134 Å². The van der Waals surface area contributed by atoms with Gasteiger partial charge < -0.3 is 13.8 Å². The van der Waals surface area contributed by atoms with Crippen LogP contribution in [0.5, 0.6) is 0 Å². The Morgan fingerprint density at radius 1 is 1.04 bits per heavy atom. The quantitative estimate of drug-likeness (QED) is 0.751. The number of rotatable bonds is 4. The Balaban J connectivity index is 2.10. The molecule has 1 aliphatic heterocycles. The first-order valence-electron chi connectivity index (χ1n) is 7.02. The van der Waals surface area contributed by atoms with E-state index in [1.54, 1.807) is 12.1 Å². The van der Waals surface area contributed by atoms with Crippen LogP contribution in [0.3, 0.4) is 0 Å². The van der Waals surface area contributed by atoms with E-state index in [0.29, 0.717) is 11.3 Å². The van der Waals surface area contributed by atoms with E-state index in [1.165, 1.54) is 26.4 Å². The molecule has 0 amide bonds. The largest absolute Gasteiger partial charge is 0.472 e. The van der Waals surface area contributed by atoms with Crippen molar-refractivity contribution in [2.24, 2.45) is 0 Å². The summed E-state index contributed by atoms with van der Waals surface area (Å²) < 4.78 is 42.1. The first-order valence-corrected chi connectivity index (χ1v) is 8.63. The Bertz CT molecular complexity index is 777. The maximum absolute atomic E-state index is 13.1. The van der Waals surface area contributed by atoms with Gasteiger partial charge in [0, 0.05) is 25.3 Å². The van der Waals surface area contributed by atoms with Gasteiger partial charge in [0.25, 0.3) is 0 Å². The number of benzene rings is 2. The van der Waals surface area contributed by atoms with Gasteiger partial charge in [0.2, 0.25) is 5.85 Å². The van der Waals surface area contributed by atoms with Crippen LogP contribution in [-0.4, -0.2) is 14.2 Å². The predicted molar refractivity (Wildman–Crippen MR) is 86.2 cm³/mol. The fourth-order valence-electron chi connectivity index (χ4n) is 2.49. The number of ether oxygens (including phenoxy) is 1. The molecule has 1 unspecified atom stereocenters. The molecule has 6 heteroatoms. The lowest BCUT2D eigenvalue weighted by Gasteiger charge is -2.30. The highest BCUT2D eigenvalue weighted by Crippen LogP contribution is 2.63. The molecule has 2 aromatic carbocycles. The summed E-state index contributed by atoms with van der Waals surface area (Å²) >= 11 is 0. The molecule has 0 saturated carbocycles. The van der Waals surface area contributed by atoms with E-state index in [2.05, 4.69) is 0 Å². The molecule has 120 valence electrons. The summed E-state index contributed by atoms with van der Waals surface area (Å²) in [7, 11) is -0.842. The third-order valence-electron chi connectivity index (χ3n) is 3.71. The van der Waals surface area contributed by atoms with Gasteiger partial charge in [-0.2, -0.15) is 0 Å². The molecule has 23 heavy (non-hydrogen) atoms. The highest BCUT2D eigenvalue weighted by molar-refractivity contribution is 7.54. The smallest absolute Gasteiger partial charge is 0.374 e. The molecule has 4 nitrogen and oxygen atoms in total. The lowest BCUT2D eigenvalue weighted by molar-refractivity contribution is 0.169. The van der Waals surface area contributed by atoms with Crippen molar-refractivity contribution in [2.45, 2.75) is 5.85 Å². The van der Waals surface area contributed by atoms with Crippen molar-refractivity contribution in [1.82, 2.24) is 0 Å². The van der Waals surface area contributed by atoms with Gasteiger partial charge >= 0.3 is 7.60 Å². The molecule has 2 aromatic rings. The average Bonchev–Trinajstić information content (AvgIpc) is 2.60. The Kier molecular flexibility index (Phi) is 4.35. The summed E-state index contributed by atoms with van der Waals surface area (Å²) in [5.41, 5.74) is 2.27. The first kappa shape index (κ1) is 15.9. The topological polar surface area (TPSA) is 44.8 Å². The van der Waals surface area contributed by atoms with Gasteiger partial charge in [-0.05, 0) is 35.9 Å². The van der Waals surface area contributed by atoms with Crippen LogP contribution in [0.1, 0.15) is 22.5 Å². The maximum Gasteiger partial charge on any atom is 0.374 e. The minimum absolute atomic E-state index is 0.332. The van der Waals surface area contributed by atoms with Gasteiger partial charge in [0.1, 0.15) is 11.6 Å². The fourth-order valence-corrected chi connectivity index (χ4v) is 3.84. The van der Waals surface area contributed by atoms with Gasteiger partial charge in [-0.1, -0.05) is 24.3 Å². The molecular formula is C17H16FO4P. The van der Waals surface area contributed by atoms with Crippen molar-refractivity contribution in [1.29, 1.82) is 0 Å². The summed E-state index contributed by atoms with van der Waals surface area (Å²) in [6.45, 7) is 0. The number of hydrogen-bond donors (Lipinski definition) is 0. The van der Waals surface area contributed by atoms with Crippen LogP contribution >= 0.6 is 7.60 Å². The SMILES string of the molecule is COP(=O)(OC)C1OC(c2ccc(F)cc2)=Cc2ccccc21. The minimum Gasteiger partial charge on any atom is -0.472 e. The average molecular weight is 334 g/mol. The molecule has 0 bridgehead atoms. The lowest BCUT2D eigenvalue weighted by Crippen LogP contribution is -2.12. The Morgan fingerprint density at radius 2 is 1.70 bits per heavy atom. The third-order valence-corrected chi connectivity index (χ3v) is 5.69. The van der Waals surface area contributed by atoms with Crippen LogP contribution in [0, 0.1) is 5.82 Å². The minimum atomic E-state index is -3.49. The zero-order valence-corrected chi connectivity index (χ0v) is 13.6. The molecule has 0 aliphatic carbocycles. The van der Waals surface area contributed by atoms with Crippen LogP contribution in [0.4, 0.5) is 4.39 Å². The van der Waals surface area contributed by atoms with Gasteiger partial charge in [0.15, 0.2) is 0 Å². The number of hydrogen-bond acceptors (Lipinski definition) is 4. The zero-order chi connectivity index (χ0) is 16.4. The van der Waals surface area contributed by atoms with Crippen LogP contribution in [0.15, 0.2) is 48.5 Å². The second kappa shape index (κ2) is 6.28. The molecule has 0 spiro atoms. The highest BCUT2D eigenvalue weighted by Gasteiger charge is 2.41. The Morgan fingerprint density at radius 3 is 2.35 bits per heavy atom. The standard InChI is InChI=1S/C17H16FO4P/c1-20-23(19,21-2)17-15-6-4-3-5-13(15)11-16(22-17)12-7-9-14(18)10-8-12/h3-11,17H,1-2H3. The van der Waals surface area contributed by atoms with E-state index in [-0.39, 0.29) is 5.82 Å². The van der Waals surface area contributed by atoms with Gasteiger partial charge in [-0.25, -0.2) is 4.39 Å². The molecule has 0 aromatic heterocycles. The highest BCUT2D eigenvalue weighted by atomic mass is 31.2. The van der Waals surface area contributed by atoms with E-state index >= 15 is 0 Å². The van der Waals surface area contributed by atoms with E-state index < -0.39 is 13.4 Å². The summed E-state index contributed by atoms with van der Waals surface area (Å²) in [5.74, 6) is -0.719. The fraction of sp³-hybridized carbons (Fsp3) is 0.176. The number of halogens is 1. The number of fused-ring (bicyclic) bond motifs is 1. The van der Waals surface area contributed by atoms with E-state index in [0.717, 1.165) is 11.1 Å². The van der Waals surface area contributed by atoms with Gasteiger partial charge in [-0.15, -0.1) is 0 Å². The second-order valence-corrected chi connectivity index (χ2v) is 7.30. The van der Waals surface area contributed by atoms with Crippen molar-refractivity contribution in [3.8, 4) is 0 Å². The van der Waals surface area contributed by atoms with Gasteiger partial charge in [-0.3, -0.25) is 4.57 Å². The van der Waals surface area contributed by atoms with Gasteiger partial charge in [0.05, 0.1) is 0 Å². The van der Waals surface area contributed by atoms with Crippen molar-refractivity contribution in [2.75, 3.05) is 14.2 Å². The van der Waals surface area contributed by atoms with Crippen LogP contribution < -0.4 is 0 Å². The molecule has 1 heterocycles. The summed E-state index contributed by atoms with van der Waals surface area (Å²) in [6, 6.07) is 13.3. The summed E-state index contributed by atoms with van der Waals surface area (Å²) in [5, 5.41) is 0.